The summed E-state index contributed by atoms with van der Waals surface area (Å²) in [5, 5.41) is 31.3. The Bertz CT molecular complexity index is 378. The van der Waals surface area contributed by atoms with E-state index < -0.39 is 29.9 Å². The van der Waals surface area contributed by atoms with Gasteiger partial charge in [-0.25, -0.2) is 0 Å². The molecule has 6 nitrogen and oxygen atoms in total. The van der Waals surface area contributed by atoms with E-state index in [1.165, 1.54) is 0 Å². The molecule has 0 rings (SSSR count). The second kappa shape index (κ2) is 10.0. The Morgan fingerprint density at radius 2 is 1.70 bits per heavy atom. The van der Waals surface area contributed by atoms with Crippen LogP contribution in [0.15, 0.2) is 0 Å². The second-order valence-electron chi connectivity index (χ2n) is 7.51. The molecule has 23 heavy (non-hydrogen) atoms. The van der Waals surface area contributed by atoms with Gasteiger partial charge in [-0.2, -0.15) is 0 Å². The van der Waals surface area contributed by atoms with Gasteiger partial charge in [0.2, 0.25) is 0 Å². The Balaban J connectivity index is 4.56. The third kappa shape index (κ3) is 10.4. The zero-order chi connectivity index (χ0) is 18.1. The molecule has 0 aromatic carbocycles. The summed E-state index contributed by atoms with van der Waals surface area (Å²) in [6.45, 7) is 2.09. The molecule has 6 heteroatoms. The Labute approximate surface area is 139 Å². The van der Waals surface area contributed by atoms with E-state index in [1.54, 1.807) is 21.1 Å². The van der Waals surface area contributed by atoms with E-state index in [0.717, 1.165) is 32.1 Å². The fraction of sp³-hybridized carbons (Fsp3) is 0.882. The minimum absolute atomic E-state index is 0.0387. The van der Waals surface area contributed by atoms with Crippen LogP contribution < -0.4 is 5.11 Å². The monoisotopic (exact) mass is 331 g/mol. The van der Waals surface area contributed by atoms with Crippen molar-refractivity contribution in [2.75, 3.05) is 27.7 Å². The average Bonchev–Trinajstić information content (AvgIpc) is 2.35. The van der Waals surface area contributed by atoms with E-state index in [-0.39, 0.29) is 17.4 Å². The number of carbonyl (C=O) groups excluding carboxylic acids is 2. The van der Waals surface area contributed by atoms with Crippen LogP contribution in [-0.2, 0) is 9.59 Å². The van der Waals surface area contributed by atoms with Crippen molar-refractivity contribution in [1.29, 1.82) is 0 Å². The van der Waals surface area contributed by atoms with E-state index in [0.29, 0.717) is 6.42 Å². The average molecular weight is 331 g/mol. The first-order chi connectivity index (χ1) is 10.5. The number of carboxylic acid groups (broad SMARTS) is 1. The van der Waals surface area contributed by atoms with Crippen molar-refractivity contribution >= 4 is 11.8 Å². The molecular formula is C17H33NO5. The summed E-state index contributed by atoms with van der Waals surface area (Å²) in [6.07, 6.45) is 3.90. The largest absolute Gasteiger partial charge is 0.550 e. The fourth-order valence-electron chi connectivity index (χ4n) is 2.76. The summed E-state index contributed by atoms with van der Waals surface area (Å²) in [4.78, 5) is 23.2. The van der Waals surface area contributed by atoms with Crippen molar-refractivity contribution in [1.82, 2.24) is 0 Å². The summed E-state index contributed by atoms with van der Waals surface area (Å²) in [7, 11) is 5.28. The number of unbranched alkanes of at least 4 members (excludes halogenated alkanes) is 4. The maximum absolute atomic E-state index is 12.3. The van der Waals surface area contributed by atoms with Crippen LogP contribution in [0.4, 0.5) is 0 Å². The van der Waals surface area contributed by atoms with Crippen molar-refractivity contribution in [2.24, 2.45) is 0 Å². The maximum atomic E-state index is 12.3. The van der Waals surface area contributed by atoms with Gasteiger partial charge in [0.05, 0.1) is 27.2 Å². The number of aliphatic hydroxyl groups is 2. The lowest BCUT2D eigenvalue weighted by Crippen LogP contribution is -2.56. The van der Waals surface area contributed by atoms with Crippen LogP contribution in [0.5, 0.6) is 0 Å². The zero-order valence-corrected chi connectivity index (χ0v) is 15.0. The summed E-state index contributed by atoms with van der Waals surface area (Å²) < 4.78 is 0.239. The van der Waals surface area contributed by atoms with Crippen LogP contribution in [0.2, 0.25) is 0 Å². The van der Waals surface area contributed by atoms with Crippen molar-refractivity contribution in [2.45, 2.75) is 70.0 Å². The number of Topliss-reactive ketones (excluding diaryl/α,β-unsaturated/α-hetero) is 1. The molecule has 2 N–H and O–H groups in total. The van der Waals surface area contributed by atoms with E-state index in [4.69, 9.17) is 0 Å². The van der Waals surface area contributed by atoms with E-state index >= 15 is 0 Å². The molecule has 136 valence electrons. The molecule has 0 radical (unpaired) electrons. The minimum atomic E-state index is -2.00. The number of nitrogens with zero attached hydrogens (tertiary/aromatic N) is 1. The summed E-state index contributed by atoms with van der Waals surface area (Å²) in [5.41, 5.74) is -2.00. The molecule has 0 aromatic rings. The number of carbonyl (C=O) groups is 2. The molecule has 0 saturated carbocycles. The number of aliphatic carboxylic acids is 1. The van der Waals surface area contributed by atoms with Crippen LogP contribution in [0.1, 0.15) is 58.3 Å². The highest BCUT2D eigenvalue weighted by Crippen LogP contribution is 2.20. The van der Waals surface area contributed by atoms with Crippen LogP contribution in [0.3, 0.4) is 0 Å². The molecule has 0 saturated heterocycles. The molecule has 0 spiro atoms. The van der Waals surface area contributed by atoms with Gasteiger partial charge in [0.1, 0.15) is 6.54 Å². The number of likely N-dealkylation sites (N-methyl/N-ethyl adjacent to an activating group) is 1. The summed E-state index contributed by atoms with van der Waals surface area (Å²) >= 11 is 0. The van der Waals surface area contributed by atoms with Crippen molar-refractivity contribution < 1.29 is 29.4 Å². The van der Waals surface area contributed by atoms with Gasteiger partial charge < -0.3 is 24.6 Å². The van der Waals surface area contributed by atoms with Gasteiger partial charge in [-0.05, 0) is 6.42 Å². The smallest absolute Gasteiger partial charge is 0.177 e. The summed E-state index contributed by atoms with van der Waals surface area (Å²) in [6, 6.07) is 0. The van der Waals surface area contributed by atoms with Gasteiger partial charge in [0.25, 0.3) is 0 Å². The maximum Gasteiger partial charge on any atom is 0.177 e. The standard InChI is InChI=1S/C17H33NO5/c1-5-6-7-8-9-10-14(19)11-15(20)17(23,12-16(21)22)13-18(2,3)4/h14,19,23H,5-13H2,1-4H3. The molecule has 0 aliphatic heterocycles. The van der Waals surface area contributed by atoms with Crippen LogP contribution in [0, 0.1) is 0 Å². The predicted octanol–water partition coefficient (Wildman–Crippen LogP) is 0.244. The van der Waals surface area contributed by atoms with Gasteiger partial charge >= 0.3 is 0 Å². The first kappa shape index (κ1) is 22.0. The Kier molecular flexibility index (Phi) is 9.58. The zero-order valence-electron chi connectivity index (χ0n) is 15.0. The van der Waals surface area contributed by atoms with Crippen molar-refractivity contribution in [3.8, 4) is 0 Å². The third-order valence-corrected chi connectivity index (χ3v) is 3.75. The molecule has 0 aliphatic rings. The first-order valence-electron chi connectivity index (χ1n) is 8.44. The molecule has 0 heterocycles. The number of carboxylic acids is 1. The number of quaternary nitrogens is 1. The molecule has 2 unspecified atom stereocenters. The number of ketones is 1. The van der Waals surface area contributed by atoms with Crippen LogP contribution in [0.25, 0.3) is 0 Å². The Morgan fingerprint density at radius 3 is 2.17 bits per heavy atom. The number of aliphatic hydroxyl groups excluding tert-OH is 1. The highest BCUT2D eigenvalue weighted by molar-refractivity contribution is 5.91. The molecule has 0 amide bonds. The quantitative estimate of drug-likeness (QED) is 0.372. The van der Waals surface area contributed by atoms with E-state index in [1.807, 2.05) is 0 Å². The Hall–Kier alpha value is -0.980. The molecule has 0 aliphatic carbocycles. The first-order valence-corrected chi connectivity index (χ1v) is 8.44. The van der Waals surface area contributed by atoms with Gasteiger partial charge in [0, 0.05) is 18.8 Å². The SMILES string of the molecule is CCCCCCCC(O)CC(=O)C(O)(CC(=O)[O-])C[N+](C)(C)C. The van der Waals surface area contributed by atoms with Gasteiger partial charge in [-0.1, -0.05) is 39.0 Å². The van der Waals surface area contributed by atoms with E-state index in [2.05, 4.69) is 6.92 Å². The van der Waals surface area contributed by atoms with E-state index in [9.17, 15) is 24.9 Å². The second-order valence-corrected chi connectivity index (χ2v) is 7.51. The van der Waals surface area contributed by atoms with Crippen LogP contribution in [-0.4, -0.2) is 65.8 Å². The van der Waals surface area contributed by atoms with Crippen molar-refractivity contribution in [3.05, 3.63) is 0 Å². The fourth-order valence-corrected chi connectivity index (χ4v) is 2.76. The highest BCUT2D eigenvalue weighted by atomic mass is 16.4. The van der Waals surface area contributed by atoms with Crippen molar-refractivity contribution in [3.63, 3.8) is 0 Å². The molecule has 0 fully saturated rings. The molecule has 2 atom stereocenters. The van der Waals surface area contributed by atoms with Crippen LogP contribution >= 0.6 is 0 Å². The third-order valence-electron chi connectivity index (χ3n) is 3.75. The predicted molar refractivity (Wildman–Crippen MR) is 86.5 cm³/mol. The normalized spacial score (nSPS) is 15.9. The number of hydrogen-bond acceptors (Lipinski definition) is 5. The highest BCUT2D eigenvalue weighted by Gasteiger charge is 2.41. The lowest BCUT2D eigenvalue weighted by molar-refractivity contribution is -0.875. The van der Waals surface area contributed by atoms with Gasteiger partial charge in [-0.15, -0.1) is 0 Å². The van der Waals surface area contributed by atoms with Gasteiger partial charge in [-0.3, -0.25) is 4.79 Å². The molecule has 0 aromatic heterocycles. The molecular weight excluding hydrogens is 298 g/mol. The molecule has 0 bridgehead atoms. The Morgan fingerprint density at radius 1 is 1.13 bits per heavy atom. The number of rotatable bonds is 13. The summed E-state index contributed by atoms with van der Waals surface area (Å²) in [5.74, 6) is -2.10. The minimum Gasteiger partial charge on any atom is -0.550 e. The topological polar surface area (TPSA) is 97.7 Å². The number of hydrogen-bond donors (Lipinski definition) is 2. The van der Waals surface area contributed by atoms with Gasteiger partial charge in [0.15, 0.2) is 11.4 Å². The lowest BCUT2D eigenvalue weighted by Gasteiger charge is -2.35. The lowest BCUT2D eigenvalue weighted by atomic mass is 9.88.